The Morgan fingerprint density at radius 1 is 1.12 bits per heavy atom. The van der Waals surface area contributed by atoms with E-state index in [1.807, 2.05) is 0 Å². The SMILES string of the molecule is CCOC(CNC[C@H](O)C(F)(F)F)OCC. The molecule has 16 heavy (non-hydrogen) atoms. The second-order valence-corrected chi connectivity index (χ2v) is 3.06. The van der Waals surface area contributed by atoms with Crippen LogP contribution in [0.15, 0.2) is 0 Å². The first-order chi connectivity index (χ1) is 7.41. The molecule has 98 valence electrons. The third-order valence-corrected chi connectivity index (χ3v) is 1.73. The average Bonchev–Trinajstić information content (AvgIpc) is 2.16. The van der Waals surface area contributed by atoms with Gasteiger partial charge in [0.2, 0.25) is 0 Å². The highest BCUT2D eigenvalue weighted by molar-refractivity contribution is 4.68. The van der Waals surface area contributed by atoms with Gasteiger partial charge in [0.15, 0.2) is 12.4 Å². The maximum atomic E-state index is 11.9. The Balaban J connectivity index is 3.76. The molecule has 0 heterocycles. The zero-order chi connectivity index (χ0) is 12.6. The van der Waals surface area contributed by atoms with Crippen molar-refractivity contribution in [1.82, 2.24) is 5.32 Å². The van der Waals surface area contributed by atoms with E-state index in [4.69, 9.17) is 14.6 Å². The number of ether oxygens (including phenoxy) is 2. The molecule has 0 saturated heterocycles. The van der Waals surface area contributed by atoms with Crippen molar-refractivity contribution >= 4 is 0 Å². The van der Waals surface area contributed by atoms with Crippen LogP contribution in [-0.4, -0.2) is 50.0 Å². The summed E-state index contributed by atoms with van der Waals surface area (Å²) in [5.74, 6) is 0. The zero-order valence-corrected chi connectivity index (χ0v) is 9.38. The normalized spacial score (nSPS) is 14.4. The lowest BCUT2D eigenvalue weighted by Crippen LogP contribution is -2.41. The fourth-order valence-corrected chi connectivity index (χ4v) is 0.991. The van der Waals surface area contributed by atoms with E-state index < -0.39 is 25.1 Å². The van der Waals surface area contributed by atoms with Crippen molar-refractivity contribution in [1.29, 1.82) is 0 Å². The van der Waals surface area contributed by atoms with Crippen LogP contribution in [0.3, 0.4) is 0 Å². The first-order valence-electron chi connectivity index (χ1n) is 5.10. The minimum absolute atomic E-state index is 0.106. The van der Waals surface area contributed by atoms with E-state index >= 15 is 0 Å². The van der Waals surface area contributed by atoms with Gasteiger partial charge in [-0.15, -0.1) is 0 Å². The molecule has 0 aromatic heterocycles. The fraction of sp³-hybridized carbons (Fsp3) is 1.00. The standard InChI is InChI=1S/C9H18F3NO3/c1-3-15-8(16-4-2)6-13-5-7(14)9(10,11)12/h7-8,13-14H,3-6H2,1-2H3/t7-/m0/s1. The maximum Gasteiger partial charge on any atom is 0.415 e. The summed E-state index contributed by atoms with van der Waals surface area (Å²) in [6.45, 7) is 3.88. The Morgan fingerprint density at radius 3 is 2.00 bits per heavy atom. The lowest BCUT2D eigenvalue weighted by molar-refractivity contribution is -0.203. The number of hydrogen-bond donors (Lipinski definition) is 2. The van der Waals surface area contributed by atoms with Crippen LogP contribution in [0.2, 0.25) is 0 Å². The first-order valence-corrected chi connectivity index (χ1v) is 5.10. The monoisotopic (exact) mass is 245 g/mol. The van der Waals surface area contributed by atoms with Gasteiger partial charge in [-0.3, -0.25) is 0 Å². The highest BCUT2D eigenvalue weighted by Gasteiger charge is 2.37. The van der Waals surface area contributed by atoms with E-state index in [1.165, 1.54) is 0 Å². The van der Waals surface area contributed by atoms with Crippen LogP contribution in [0.4, 0.5) is 13.2 Å². The lowest BCUT2D eigenvalue weighted by atomic mass is 10.3. The van der Waals surface area contributed by atoms with Gasteiger partial charge in [0, 0.05) is 26.3 Å². The smallest absolute Gasteiger partial charge is 0.382 e. The van der Waals surface area contributed by atoms with Crippen LogP contribution in [0.1, 0.15) is 13.8 Å². The van der Waals surface area contributed by atoms with E-state index in [2.05, 4.69) is 5.32 Å². The summed E-state index contributed by atoms with van der Waals surface area (Å²) < 4.78 is 46.0. The molecule has 7 heteroatoms. The van der Waals surface area contributed by atoms with Crippen LogP contribution < -0.4 is 5.32 Å². The molecule has 0 aromatic rings. The second kappa shape index (κ2) is 7.83. The molecule has 2 N–H and O–H groups in total. The van der Waals surface area contributed by atoms with E-state index in [0.29, 0.717) is 13.2 Å². The quantitative estimate of drug-likeness (QED) is 0.624. The molecule has 0 aliphatic heterocycles. The predicted octanol–water partition coefficient (Wildman–Crippen LogP) is 0.898. The van der Waals surface area contributed by atoms with Gasteiger partial charge in [0.1, 0.15) is 0 Å². The molecule has 0 aliphatic carbocycles. The Bertz CT molecular complexity index is 172. The Morgan fingerprint density at radius 2 is 1.62 bits per heavy atom. The topological polar surface area (TPSA) is 50.7 Å². The average molecular weight is 245 g/mol. The minimum Gasteiger partial charge on any atom is -0.382 e. The van der Waals surface area contributed by atoms with Gasteiger partial charge in [-0.1, -0.05) is 0 Å². The number of aliphatic hydroxyl groups is 1. The summed E-state index contributed by atoms with van der Waals surface area (Å²) in [5.41, 5.74) is 0. The van der Waals surface area contributed by atoms with Gasteiger partial charge >= 0.3 is 6.18 Å². The lowest BCUT2D eigenvalue weighted by Gasteiger charge is -2.19. The first kappa shape index (κ1) is 15.6. The van der Waals surface area contributed by atoms with Crippen molar-refractivity contribution in [2.24, 2.45) is 0 Å². The van der Waals surface area contributed by atoms with Crippen molar-refractivity contribution in [3.8, 4) is 0 Å². The number of alkyl halides is 3. The second-order valence-electron chi connectivity index (χ2n) is 3.06. The molecule has 1 atom stereocenters. The molecule has 0 radical (unpaired) electrons. The van der Waals surface area contributed by atoms with E-state index in [1.54, 1.807) is 13.8 Å². The number of hydrogen-bond acceptors (Lipinski definition) is 4. The third kappa shape index (κ3) is 7.00. The molecule has 0 fully saturated rings. The van der Waals surface area contributed by atoms with Gasteiger partial charge in [-0.2, -0.15) is 13.2 Å². The van der Waals surface area contributed by atoms with Crippen molar-refractivity contribution in [2.75, 3.05) is 26.3 Å². The molecule has 0 saturated carbocycles. The molecule has 0 bridgehead atoms. The molecule has 0 aliphatic rings. The van der Waals surface area contributed by atoms with Crippen LogP contribution in [0.25, 0.3) is 0 Å². The number of nitrogens with one attached hydrogen (secondary N) is 1. The molecular weight excluding hydrogens is 227 g/mol. The largest absolute Gasteiger partial charge is 0.415 e. The molecule has 0 rings (SSSR count). The molecule has 0 spiro atoms. The summed E-state index contributed by atoms with van der Waals surface area (Å²) in [6, 6.07) is 0. The predicted molar refractivity (Wildman–Crippen MR) is 52.0 cm³/mol. The Kier molecular flexibility index (Phi) is 7.65. The Hall–Kier alpha value is -0.370. The van der Waals surface area contributed by atoms with Gasteiger partial charge in [-0.25, -0.2) is 0 Å². The molecular formula is C9H18F3NO3. The van der Waals surface area contributed by atoms with E-state index in [-0.39, 0.29) is 6.54 Å². The minimum atomic E-state index is -4.60. The molecule has 0 unspecified atom stereocenters. The molecule has 0 amide bonds. The summed E-state index contributed by atoms with van der Waals surface area (Å²) in [4.78, 5) is 0. The number of aliphatic hydroxyl groups excluding tert-OH is 1. The van der Waals surface area contributed by atoms with Gasteiger partial charge < -0.3 is 19.9 Å². The number of rotatable bonds is 8. The fourth-order valence-electron chi connectivity index (χ4n) is 0.991. The van der Waals surface area contributed by atoms with Crippen molar-refractivity contribution in [3.05, 3.63) is 0 Å². The summed E-state index contributed by atoms with van der Waals surface area (Å²) in [6.07, 6.45) is -7.55. The van der Waals surface area contributed by atoms with Gasteiger partial charge in [0.25, 0.3) is 0 Å². The van der Waals surface area contributed by atoms with Gasteiger partial charge in [0.05, 0.1) is 0 Å². The third-order valence-electron chi connectivity index (χ3n) is 1.73. The van der Waals surface area contributed by atoms with E-state index in [0.717, 1.165) is 0 Å². The molecule has 0 aromatic carbocycles. The van der Waals surface area contributed by atoms with E-state index in [9.17, 15) is 13.2 Å². The van der Waals surface area contributed by atoms with Gasteiger partial charge in [-0.05, 0) is 13.8 Å². The van der Waals surface area contributed by atoms with Crippen molar-refractivity contribution in [2.45, 2.75) is 32.4 Å². The van der Waals surface area contributed by atoms with Crippen LogP contribution >= 0.6 is 0 Å². The highest BCUT2D eigenvalue weighted by atomic mass is 19.4. The molecule has 4 nitrogen and oxygen atoms in total. The number of halogens is 3. The van der Waals surface area contributed by atoms with Crippen LogP contribution in [0.5, 0.6) is 0 Å². The zero-order valence-electron chi connectivity index (χ0n) is 9.38. The summed E-state index contributed by atoms with van der Waals surface area (Å²) in [5, 5.41) is 11.1. The summed E-state index contributed by atoms with van der Waals surface area (Å²) >= 11 is 0. The van der Waals surface area contributed by atoms with Crippen molar-refractivity contribution < 1.29 is 27.8 Å². The summed E-state index contributed by atoms with van der Waals surface area (Å²) in [7, 11) is 0. The van der Waals surface area contributed by atoms with Crippen LogP contribution in [0, 0.1) is 0 Å². The Labute approximate surface area is 92.7 Å². The van der Waals surface area contributed by atoms with Crippen molar-refractivity contribution in [3.63, 3.8) is 0 Å². The van der Waals surface area contributed by atoms with Crippen LogP contribution in [-0.2, 0) is 9.47 Å². The highest BCUT2D eigenvalue weighted by Crippen LogP contribution is 2.19. The maximum absolute atomic E-state index is 11.9.